The number of nitrogens with zero attached hydrogens (tertiary/aromatic N) is 1. The lowest BCUT2D eigenvalue weighted by molar-refractivity contribution is -0.138. The molecule has 0 aliphatic heterocycles. The maximum atomic E-state index is 12.4. The van der Waals surface area contributed by atoms with Crippen LogP contribution < -0.4 is 5.56 Å². The molecule has 0 bridgehead atoms. The first-order chi connectivity index (χ1) is 8.84. The van der Waals surface area contributed by atoms with Gasteiger partial charge < -0.3 is 9.30 Å². The lowest BCUT2D eigenvalue weighted by Crippen LogP contribution is -2.20. The zero-order valence-electron chi connectivity index (χ0n) is 10.1. The van der Waals surface area contributed by atoms with E-state index in [0.29, 0.717) is 12.3 Å². The molecule has 7 heteroatoms. The molecule has 4 nitrogen and oxygen atoms in total. The van der Waals surface area contributed by atoms with Gasteiger partial charge in [0.05, 0.1) is 12.2 Å². The SMILES string of the molecule is CCOC(=O)/C=C/Cn1cc(C(F)(F)F)ccc1=O. The number of carbonyl (C=O) groups excluding carboxylic acids is 1. The molecule has 19 heavy (non-hydrogen) atoms. The molecule has 0 aliphatic carbocycles. The lowest BCUT2D eigenvalue weighted by Gasteiger charge is -2.08. The van der Waals surface area contributed by atoms with E-state index in [-0.39, 0.29) is 13.2 Å². The van der Waals surface area contributed by atoms with Gasteiger partial charge >= 0.3 is 12.1 Å². The number of esters is 1. The van der Waals surface area contributed by atoms with Crippen LogP contribution in [-0.4, -0.2) is 17.1 Å². The molecule has 1 aromatic heterocycles. The molecule has 0 aromatic carbocycles. The van der Waals surface area contributed by atoms with Gasteiger partial charge in [-0.3, -0.25) is 4.79 Å². The molecule has 0 saturated carbocycles. The first-order valence-corrected chi connectivity index (χ1v) is 5.45. The average Bonchev–Trinajstić information content (AvgIpc) is 2.30. The van der Waals surface area contributed by atoms with E-state index in [1.165, 1.54) is 6.08 Å². The summed E-state index contributed by atoms with van der Waals surface area (Å²) in [6, 6.07) is 1.55. The van der Waals surface area contributed by atoms with Gasteiger partial charge in [-0.1, -0.05) is 6.08 Å². The van der Waals surface area contributed by atoms with Crippen molar-refractivity contribution in [1.29, 1.82) is 0 Å². The second kappa shape index (κ2) is 6.21. The van der Waals surface area contributed by atoms with Gasteiger partial charge in [-0.25, -0.2) is 4.79 Å². The minimum absolute atomic E-state index is 0.137. The zero-order valence-corrected chi connectivity index (χ0v) is 10.1. The minimum Gasteiger partial charge on any atom is -0.463 e. The van der Waals surface area contributed by atoms with Gasteiger partial charge in [0.15, 0.2) is 0 Å². The molecule has 0 unspecified atom stereocenters. The van der Waals surface area contributed by atoms with Gasteiger partial charge in [-0.05, 0) is 13.0 Å². The Hall–Kier alpha value is -2.05. The van der Waals surface area contributed by atoms with E-state index in [4.69, 9.17) is 0 Å². The van der Waals surface area contributed by atoms with Crippen LogP contribution in [-0.2, 0) is 22.3 Å². The summed E-state index contributed by atoms with van der Waals surface area (Å²) in [7, 11) is 0. The molecular weight excluding hydrogens is 263 g/mol. The summed E-state index contributed by atoms with van der Waals surface area (Å²) in [4.78, 5) is 22.3. The summed E-state index contributed by atoms with van der Waals surface area (Å²) in [6.45, 7) is 1.69. The fourth-order valence-corrected chi connectivity index (χ4v) is 1.29. The van der Waals surface area contributed by atoms with Crippen molar-refractivity contribution in [3.8, 4) is 0 Å². The van der Waals surface area contributed by atoms with E-state index < -0.39 is 23.3 Å². The van der Waals surface area contributed by atoms with Crippen LogP contribution >= 0.6 is 0 Å². The number of rotatable bonds is 4. The number of alkyl halides is 3. The van der Waals surface area contributed by atoms with Crippen molar-refractivity contribution in [1.82, 2.24) is 4.57 Å². The molecule has 1 rings (SSSR count). The van der Waals surface area contributed by atoms with Gasteiger partial charge in [0, 0.05) is 24.9 Å². The van der Waals surface area contributed by atoms with E-state index in [1.54, 1.807) is 6.92 Å². The Kier molecular flexibility index (Phi) is 4.91. The van der Waals surface area contributed by atoms with Crippen molar-refractivity contribution in [2.45, 2.75) is 19.6 Å². The van der Waals surface area contributed by atoms with Crippen LogP contribution in [0.5, 0.6) is 0 Å². The maximum Gasteiger partial charge on any atom is 0.417 e. The number of hydrogen-bond acceptors (Lipinski definition) is 3. The van der Waals surface area contributed by atoms with Gasteiger partial charge in [0.2, 0.25) is 0 Å². The highest BCUT2D eigenvalue weighted by atomic mass is 19.4. The van der Waals surface area contributed by atoms with Crippen LogP contribution in [0.1, 0.15) is 12.5 Å². The predicted molar refractivity (Wildman–Crippen MR) is 61.5 cm³/mol. The first-order valence-electron chi connectivity index (χ1n) is 5.45. The van der Waals surface area contributed by atoms with Crippen LogP contribution in [0.3, 0.4) is 0 Å². The Balaban J connectivity index is 2.84. The van der Waals surface area contributed by atoms with Crippen molar-refractivity contribution in [3.05, 3.63) is 46.4 Å². The monoisotopic (exact) mass is 275 g/mol. The number of pyridine rings is 1. The fraction of sp³-hybridized carbons (Fsp3) is 0.333. The molecule has 104 valence electrons. The second-order valence-electron chi connectivity index (χ2n) is 3.56. The summed E-state index contributed by atoms with van der Waals surface area (Å²) in [5.74, 6) is -0.609. The zero-order chi connectivity index (χ0) is 14.5. The lowest BCUT2D eigenvalue weighted by atomic mass is 10.3. The molecule has 0 amide bonds. The average molecular weight is 275 g/mol. The smallest absolute Gasteiger partial charge is 0.417 e. The van der Waals surface area contributed by atoms with Crippen LogP contribution in [0.4, 0.5) is 13.2 Å². The summed E-state index contributed by atoms with van der Waals surface area (Å²) in [5.41, 5.74) is -1.50. The van der Waals surface area contributed by atoms with Crippen molar-refractivity contribution >= 4 is 5.97 Å². The molecule has 0 radical (unpaired) electrons. The summed E-state index contributed by atoms with van der Waals surface area (Å²) >= 11 is 0. The van der Waals surface area contributed by atoms with Gasteiger partial charge in [-0.15, -0.1) is 0 Å². The molecule has 1 heterocycles. The third-order valence-corrected chi connectivity index (χ3v) is 2.15. The maximum absolute atomic E-state index is 12.4. The normalized spacial score (nSPS) is 11.8. The molecular formula is C12H12F3NO3. The Morgan fingerprint density at radius 2 is 2.11 bits per heavy atom. The number of halogens is 3. The molecule has 0 fully saturated rings. The second-order valence-corrected chi connectivity index (χ2v) is 3.56. The van der Waals surface area contributed by atoms with Crippen molar-refractivity contribution < 1.29 is 22.7 Å². The number of allylic oxidation sites excluding steroid dienone is 1. The minimum atomic E-state index is -4.51. The Bertz CT molecular complexity index is 532. The Morgan fingerprint density at radius 1 is 1.42 bits per heavy atom. The van der Waals surface area contributed by atoms with Crippen LogP contribution in [0.15, 0.2) is 35.3 Å². The quantitative estimate of drug-likeness (QED) is 0.623. The summed E-state index contributed by atoms with van der Waals surface area (Å²) in [5, 5.41) is 0. The molecule has 0 aliphatic rings. The molecule has 0 atom stereocenters. The van der Waals surface area contributed by atoms with Crippen LogP contribution in [0.25, 0.3) is 0 Å². The molecule has 0 N–H and O–H groups in total. The molecule has 0 saturated heterocycles. The van der Waals surface area contributed by atoms with Crippen molar-refractivity contribution in [2.75, 3.05) is 6.61 Å². The van der Waals surface area contributed by atoms with Crippen LogP contribution in [0.2, 0.25) is 0 Å². The fourth-order valence-electron chi connectivity index (χ4n) is 1.29. The summed E-state index contributed by atoms with van der Waals surface area (Å²) in [6.07, 6.45) is -1.48. The van der Waals surface area contributed by atoms with E-state index in [0.717, 1.165) is 16.7 Å². The Labute approximate surface area is 107 Å². The van der Waals surface area contributed by atoms with Gasteiger partial charge in [-0.2, -0.15) is 13.2 Å². The highest BCUT2D eigenvalue weighted by Crippen LogP contribution is 2.27. The number of hydrogen-bond donors (Lipinski definition) is 0. The highest BCUT2D eigenvalue weighted by molar-refractivity contribution is 5.81. The number of ether oxygens (including phenoxy) is 1. The van der Waals surface area contributed by atoms with Gasteiger partial charge in [0.1, 0.15) is 0 Å². The van der Waals surface area contributed by atoms with Crippen molar-refractivity contribution in [3.63, 3.8) is 0 Å². The van der Waals surface area contributed by atoms with Crippen molar-refractivity contribution in [2.24, 2.45) is 0 Å². The van der Waals surface area contributed by atoms with E-state index in [9.17, 15) is 22.8 Å². The Morgan fingerprint density at radius 3 is 2.68 bits per heavy atom. The van der Waals surface area contributed by atoms with Crippen LogP contribution in [0, 0.1) is 0 Å². The third-order valence-electron chi connectivity index (χ3n) is 2.15. The molecule has 1 aromatic rings. The summed E-state index contributed by atoms with van der Waals surface area (Å²) < 4.78 is 42.8. The largest absolute Gasteiger partial charge is 0.463 e. The van der Waals surface area contributed by atoms with E-state index >= 15 is 0 Å². The van der Waals surface area contributed by atoms with E-state index in [1.807, 2.05) is 0 Å². The van der Waals surface area contributed by atoms with E-state index in [2.05, 4.69) is 4.74 Å². The highest BCUT2D eigenvalue weighted by Gasteiger charge is 2.30. The standard InChI is InChI=1S/C12H12F3NO3/c1-2-19-11(18)4-3-7-16-8-9(12(13,14)15)5-6-10(16)17/h3-6,8H,2,7H2,1H3/b4-3+. The first kappa shape index (κ1) is 15.0. The predicted octanol–water partition coefficient (Wildman–Crippen LogP) is 1.99. The number of aromatic nitrogens is 1. The topological polar surface area (TPSA) is 48.3 Å². The molecule has 0 spiro atoms. The third kappa shape index (κ3) is 4.61. The van der Waals surface area contributed by atoms with Gasteiger partial charge in [0.25, 0.3) is 5.56 Å². The number of carbonyl (C=O) groups is 1.